The van der Waals surface area contributed by atoms with E-state index in [9.17, 15) is 0 Å². The second-order valence-electron chi connectivity index (χ2n) is 0. The van der Waals surface area contributed by atoms with Crippen LogP contribution in [0.3, 0.4) is 0 Å². The van der Waals surface area contributed by atoms with Crippen LogP contribution in [-0.2, 0) is 1340 Å². The topological polar surface area (TPSA) is 0 Å². The first kappa shape index (κ1) is 363. The fourth-order valence-electron chi connectivity index (χ4n) is 0. The third kappa shape index (κ3) is 339. The third-order valence-corrected chi connectivity index (χ3v) is 0. The predicted octanol–water partition coefficient (Wildman–Crippen LogP) is 2.71. The fraction of sp³-hybridized carbons (Fsp3) is 0.600. The van der Waals surface area contributed by atoms with Gasteiger partial charge in [-0.15, -0.1) is 0 Å². The summed E-state index contributed by atoms with van der Waals surface area (Å²) < 4.78 is 0. The van der Waals surface area contributed by atoms with Gasteiger partial charge < -0.3 is 14.9 Å². The molecule has 0 spiro atoms. The van der Waals surface area contributed by atoms with Crippen molar-refractivity contribution in [2.75, 3.05) is 0 Å². The van der Waals surface area contributed by atoms with Gasteiger partial charge in [0.05, 0.1) is 0 Å². The summed E-state index contributed by atoms with van der Waals surface area (Å²) in [5.74, 6) is 0. The van der Waals surface area contributed by atoms with Crippen LogP contribution in [0.2, 0.25) is 0 Å². The summed E-state index contributed by atoms with van der Waals surface area (Å²) in [7, 11) is 0. The van der Waals surface area contributed by atoms with Crippen molar-refractivity contribution in [1.29, 1.82) is 0 Å². The summed E-state index contributed by atoms with van der Waals surface area (Å²) in [5, 5.41) is 0. The maximum atomic E-state index is 0. The first-order valence-electron chi connectivity index (χ1n) is 0. The van der Waals surface area contributed by atoms with E-state index < -0.39 is 0 Å². The monoisotopic (exact) mass is 3720 g/mol. The van der Waals surface area contributed by atoms with E-state index in [2.05, 4.69) is 0 Å². The van der Waals surface area contributed by atoms with Gasteiger partial charge in [-0.05, 0) is 0 Å². The fourth-order valence-corrected chi connectivity index (χ4v) is 0. The molecule has 0 N–H and O–H groups in total. The first-order valence-corrected chi connectivity index (χ1v) is 0. The molecular formula is C5H18Y41-2. The molecule has 0 rings (SSSR count). The second kappa shape index (κ2) is 351. The van der Waals surface area contributed by atoms with Gasteiger partial charge in [-0.1, -0.05) is 22.3 Å². The van der Waals surface area contributed by atoms with Gasteiger partial charge in [0, 0.05) is 1340 Å². The van der Waals surface area contributed by atoms with E-state index in [0.717, 1.165) is 0 Å². The molecule has 0 bridgehead atoms. The SMILES string of the molecule is C.C.C.[CH3-].[CH3-].[Y].[Y].[Y].[Y].[Y].[Y].[Y].[Y].[Y].[Y].[Y].[Y].[Y].[Y].[Y].[Y].[Y].[Y].[Y].[Y].[Y].[Y].[Y].[Y].[Y].[Y].[Y].[Y].[Y].[Y].[Y].[Y].[Y].[Y].[Y].[Y].[Y].[Y].[Y].[Y].[Y]. The van der Waals surface area contributed by atoms with Crippen LogP contribution in [0.25, 0.3) is 0 Å². The molecule has 0 saturated heterocycles. The van der Waals surface area contributed by atoms with Crippen LogP contribution in [0.1, 0.15) is 22.3 Å². The Morgan fingerprint density at radius 2 is 0.0652 bits per heavy atom. The van der Waals surface area contributed by atoms with Gasteiger partial charge in [0.25, 0.3) is 0 Å². The second-order valence-corrected chi connectivity index (χ2v) is 0. The Balaban J connectivity index is 0. The Labute approximate surface area is 1320 Å². The Hall–Kier alpha value is 45.3. The molecule has 0 fully saturated rings. The molecule has 0 atom stereocenters. The van der Waals surface area contributed by atoms with Crippen molar-refractivity contribution in [1.82, 2.24) is 0 Å². The van der Waals surface area contributed by atoms with Gasteiger partial charge in [0.2, 0.25) is 0 Å². The molecular weight excluding hydrogens is 3710 g/mol. The van der Waals surface area contributed by atoms with Crippen molar-refractivity contribution in [3.05, 3.63) is 14.9 Å². The minimum absolute atomic E-state index is 0. The molecule has 163 valence electrons. The van der Waals surface area contributed by atoms with Crippen LogP contribution < -0.4 is 0 Å². The van der Waals surface area contributed by atoms with Gasteiger partial charge in [0.15, 0.2) is 0 Å². The standard InChI is InChI=1S/3CH4.2CH3.41Y/h3*1H4;2*1H3;;;;;;;;;;;;;;;;;;;;;;;;;;;;;;;;;;;;;;;;;/q;;;2*-1;;;;;;;;;;;;;;;;;;;;;;;;;;;;;;;;;;;;;;;;;. The van der Waals surface area contributed by atoms with Gasteiger partial charge in [-0.25, -0.2) is 0 Å². The number of hydrogen-bond acceptors (Lipinski definition) is 0. The van der Waals surface area contributed by atoms with Crippen molar-refractivity contribution < 1.29 is 1340 Å². The summed E-state index contributed by atoms with van der Waals surface area (Å²) in [6, 6.07) is 0. The zero-order chi connectivity index (χ0) is 0. The van der Waals surface area contributed by atoms with Crippen molar-refractivity contribution in [2.45, 2.75) is 22.3 Å². The summed E-state index contributed by atoms with van der Waals surface area (Å²) in [4.78, 5) is 0. The number of rotatable bonds is 0. The van der Waals surface area contributed by atoms with Crippen molar-refractivity contribution in [2.24, 2.45) is 0 Å². The normalized spacial score (nSPS) is 0. The molecule has 0 amide bonds. The minimum Gasteiger partial charge on any atom is -0.358 e. The molecule has 0 aromatic carbocycles. The summed E-state index contributed by atoms with van der Waals surface area (Å²) in [6.07, 6.45) is 0. The smallest absolute Gasteiger partial charge is 0 e. The van der Waals surface area contributed by atoms with Crippen LogP contribution >= 0.6 is 0 Å². The zero-order valence-electron chi connectivity index (χ0n) is 25.7. The molecule has 0 unspecified atom stereocenters. The van der Waals surface area contributed by atoms with Gasteiger partial charge in [-0.3, -0.25) is 0 Å². The molecule has 0 aromatic heterocycles. The average molecular weight is 3720 g/mol. The van der Waals surface area contributed by atoms with Crippen LogP contribution in [0.4, 0.5) is 0 Å². The van der Waals surface area contributed by atoms with Crippen LogP contribution in [0.5, 0.6) is 0 Å². The first-order chi connectivity index (χ1) is 0. The predicted molar refractivity (Wildman–Crippen MR) is 33.0 cm³/mol. The van der Waals surface area contributed by atoms with E-state index in [1.807, 2.05) is 0 Å². The summed E-state index contributed by atoms with van der Waals surface area (Å²) in [6.45, 7) is 0. The largest absolute Gasteiger partial charge is 0.358 e. The Bertz CT molecular complexity index is 22.8. The molecule has 0 aromatic rings. The Kier molecular flexibility index (Phi) is 2770. The molecule has 0 nitrogen and oxygen atoms in total. The van der Waals surface area contributed by atoms with Gasteiger partial charge in [-0.2, -0.15) is 0 Å². The summed E-state index contributed by atoms with van der Waals surface area (Å²) in [5.41, 5.74) is 0. The molecule has 41 heteroatoms. The molecule has 0 heterocycles. The molecule has 41 radical (unpaired) electrons. The van der Waals surface area contributed by atoms with Crippen LogP contribution in [0, 0.1) is 14.9 Å². The minimum atomic E-state index is 0. The van der Waals surface area contributed by atoms with Crippen molar-refractivity contribution >= 4 is 0 Å². The van der Waals surface area contributed by atoms with Gasteiger partial charge >= 0.3 is 0 Å². The molecule has 0 aliphatic rings. The molecule has 46 heavy (non-hydrogen) atoms. The molecule has 0 saturated carbocycles. The maximum absolute atomic E-state index is 0. The van der Waals surface area contributed by atoms with Crippen molar-refractivity contribution in [3.63, 3.8) is 0 Å². The van der Waals surface area contributed by atoms with Gasteiger partial charge in [0.1, 0.15) is 0 Å². The van der Waals surface area contributed by atoms with E-state index in [1.54, 1.807) is 0 Å². The molecule has 0 aliphatic carbocycles. The van der Waals surface area contributed by atoms with Crippen LogP contribution in [-0.4, -0.2) is 0 Å². The summed E-state index contributed by atoms with van der Waals surface area (Å²) >= 11 is 0. The third-order valence-electron chi connectivity index (χ3n) is 0. The van der Waals surface area contributed by atoms with E-state index in [-0.39, 0.29) is 1380 Å². The Morgan fingerprint density at radius 1 is 0.0652 bits per heavy atom. The Morgan fingerprint density at radius 3 is 0.0652 bits per heavy atom. The quantitative estimate of drug-likeness (QED) is 0.328. The number of hydrogen-bond donors (Lipinski definition) is 0. The van der Waals surface area contributed by atoms with E-state index in [1.165, 1.54) is 0 Å². The maximum Gasteiger partial charge on any atom is 0 e. The van der Waals surface area contributed by atoms with E-state index >= 15 is 0 Å². The average Bonchev–Trinajstić information content (AvgIpc) is 0. The van der Waals surface area contributed by atoms with Crippen molar-refractivity contribution in [3.8, 4) is 0 Å². The molecule has 0 aliphatic heterocycles. The van der Waals surface area contributed by atoms with E-state index in [4.69, 9.17) is 0 Å². The van der Waals surface area contributed by atoms with E-state index in [0.29, 0.717) is 0 Å². The van der Waals surface area contributed by atoms with Crippen LogP contribution in [0.15, 0.2) is 0 Å². The zero-order valence-corrected chi connectivity index (χ0v) is 142.